The number of nitrogens with zero attached hydrogens (tertiary/aromatic N) is 3. The Balaban J connectivity index is 1.76. The number of allylic oxidation sites excluding steroid dienone is 1. The van der Waals surface area contributed by atoms with Gasteiger partial charge in [-0.05, 0) is 6.08 Å². The summed E-state index contributed by atoms with van der Waals surface area (Å²) in [7, 11) is 0. The molecule has 3 heterocycles. The maximum atomic E-state index is 13.0. The van der Waals surface area contributed by atoms with Crippen LogP contribution in [0.25, 0.3) is 0 Å². The first-order chi connectivity index (χ1) is 12.0. The van der Waals surface area contributed by atoms with Crippen molar-refractivity contribution in [1.29, 1.82) is 0 Å². The molecule has 0 bridgehead atoms. The van der Waals surface area contributed by atoms with E-state index in [0.717, 1.165) is 0 Å². The van der Waals surface area contributed by atoms with Crippen molar-refractivity contribution in [2.24, 2.45) is 16.9 Å². The SMILES string of the molecule is O=C1NC(=O)[C@@H]2[C@@H]1[C@H]1C=CC=NN1[C@H]2C(=O)c1cccc([N+](=O)[O-])c1. The first kappa shape index (κ1) is 15.2. The summed E-state index contributed by atoms with van der Waals surface area (Å²) in [6.07, 6.45) is 4.87. The minimum Gasteiger partial charge on any atom is -0.296 e. The molecule has 1 N–H and O–H groups in total. The molecule has 1 aromatic rings. The van der Waals surface area contributed by atoms with Gasteiger partial charge in [-0.2, -0.15) is 5.10 Å². The van der Waals surface area contributed by atoms with Gasteiger partial charge in [0.15, 0.2) is 5.78 Å². The van der Waals surface area contributed by atoms with E-state index in [1.807, 2.05) is 0 Å². The Kier molecular flexibility index (Phi) is 3.24. The predicted molar refractivity (Wildman–Crippen MR) is 84.6 cm³/mol. The monoisotopic (exact) mass is 340 g/mol. The van der Waals surface area contributed by atoms with E-state index in [1.54, 1.807) is 12.2 Å². The Morgan fingerprint density at radius 2 is 2.00 bits per heavy atom. The normalized spacial score (nSPS) is 29.4. The second-order valence-electron chi connectivity index (χ2n) is 6.04. The summed E-state index contributed by atoms with van der Waals surface area (Å²) in [6.45, 7) is 0. The lowest BCUT2D eigenvalue weighted by Crippen LogP contribution is -2.44. The van der Waals surface area contributed by atoms with Crippen LogP contribution in [0.2, 0.25) is 0 Å². The van der Waals surface area contributed by atoms with Crippen molar-refractivity contribution in [3.8, 4) is 0 Å². The smallest absolute Gasteiger partial charge is 0.270 e. The highest BCUT2D eigenvalue weighted by Crippen LogP contribution is 2.42. The highest BCUT2D eigenvalue weighted by Gasteiger charge is 2.61. The molecule has 9 heteroatoms. The summed E-state index contributed by atoms with van der Waals surface area (Å²) in [5.41, 5.74) is -0.110. The van der Waals surface area contributed by atoms with E-state index in [9.17, 15) is 24.5 Å². The molecule has 9 nitrogen and oxygen atoms in total. The molecule has 0 aliphatic carbocycles. The quantitative estimate of drug-likeness (QED) is 0.365. The zero-order valence-corrected chi connectivity index (χ0v) is 12.7. The molecule has 1 aromatic carbocycles. The maximum absolute atomic E-state index is 13.0. The number of imide groups is 1. The third-order valence-electron chi connectivity index (χ3n) is 4.74. The molecule has 4 atom stereocenters. The van der Waals surface area contributed by atoms with E-state index in [0.29, 0.717) is 0 Å². The van der Waals surface area contributed by atoms with E-state index in [-0.39, 0.29) is 11.3 Å². The van der Waals surface area contributed by atoms with Gasteiger partial charge in [0.1, 0.15) is 6.04 Å². The molecule has 4 rings (SSSR count). The zero-order chi connectivity index (χ0) is 17.7. The summed E-state index contributed by atoms with van der Waals surface area (Å²) in [6, 6.07) is 3.84. The average molecular weight is 340 g/mol. The highest BCUT2D eigenvalue weighted by molar-refractivity contribution is 6.12. The van der Waals surface area contributed by atoms with Crippen molar-refractivity contribution in [3.63, 3.8) is 0 Å². The number of Topliss-reactive ketones (excluding diaryl/α,β-unsaturated/α-hetero) is 1. The molecule has 2 saturated heterocycles. The van der Waals surface area contributed by atoms with Crippen molar-refractivity contribution in [2.45, 2.75) is 12.1 Å². The second-order valence-corrected chi connectivity index (χ2v) is 6.04. The third-order valence-corrected chi connectivity index (χ3v) is 4.74. The van der Waals surface area contributed by atoms with Gasteiger partial charge in [-0.3, -0.25) is 34.8 Å². The summed E-state index contributed by atoms with van der Waals surface area (Å²) in [5, 5.41) is 18.8. The van der Waals surface area contributed by atoms with E-state index in [2.05, 4.69) is 10.4 Å². The number of nitro groups is 1. The number of carbonyl (C=O) groups excluding carboxylic acids is 3. The molecule has 3 aliphatic heterocycles. The number of amides is 2. The van der Waals surface area contributed by atoms with Crippen LogP contribution in [0.3, 0.4) is 0 Å². The molecule has 0 unspecified atom stereocenters. The van der Waals surface area contributed by atoms with Crippen LogP contribution < -0.4 is 5.32 Å². The van der Waals surface area contributed by atoms with E-state index >= 15 is 0 Å². The van der Waals surface area contributed by atoms with Crippen LogP contribution in [-0.4, -0.2) is 45.8 Å². The average Bonchev–Trinajstić information content (AvgIpc) is 3.10. The van der Waals surface area contributed by atoms with Crippen molar-refractivity contribution in [2.75, 3.05) is 0 Å². The zero-order valence-electron chi connectivity index (χ0n) is 12.7. The van der Waals surface area contributed by atoms with Crippen molar-refractivity contribution >= 4 is 29.5 Å². The molecule has 0 saturated carbocycles. The van der Waals surface area contributed by atoms with Crippen LogP contribution in [0, 0.1) is 22.0 Å². The Labute approximate surface area is 141 Å². The fourth-order valence-corrected chi connectivity index (χ4v) is 3.70. The summed E-state index contributed by atoms with van der Waals surface area (Å²) >= 11 is 0. The predicted octanol–water partition coefficient (Wildman–Crippen LogP) is 0.275. The van der Waals surface area contributed by atoms with Gasteiger partial charge < -0.3 is 0 Å². The Hall–Kier alpha value is -3.36. The minimum atomic E-state index is -0.982. The number of ketones is 1. The Morgan fingerprint density at radius 3 is 2.76 bits per heavy atom. The first-order valence-corrected chi connectivity index (χ1v) is 7.61. The lowest BCUT2D eigenvalue weighted by molar-refractivity contribution is -0.384. The molecular formula is C16H12N4O5. The number of hydrazone groups is 1. The summed E-state index contributed by atoms with van der Waals surface area (Å²) in [4.78, 5) is 47.7. The second kappa shape index (κ2) is 5.33. The van der Waals surface area contributed by atoms with Crippen LogP contribution in [0.4, 0.5) is 5.69 Å². The molecule has 2 amide bonds. The van der Waals surface area contributed by atoms with Crippen LogP contribution in [-0.2, 0) is 9.59 Å². The number of carbonyl (C=O) groups is 3. The Bertz CT molecular complexity index is 877. The van der Waals surface area contributed by atoms with Gasteiger partial charge in [-0.15, -0.1) is 0 Å². The van der Waals surface area contributed by atoms with Crippen LogP contribution in [0.1, 0.15) is 10.4 Å². The van der Waals surface area contributed by atoms with Gasteiger partial charge in [0.25, 0.3) is 5.69 Å². The van der Waals surface area contributed by atoms with Gasteiger partial charge in [-0.1, -0.05) is 18.2 Å². The Morgan fingerprint density at radius 1 is 1.24 bits per heavy atom. The maximum Gasteiger partial charge on any atom is 0.270 e. The number of benzene rings is 1. The van der Waals surface area contributed by atoms with Gasteiger partial charge in [-0.25, -0.2) is 0 Å². The number of rotatable bonds is 3. The molecular weight excluding hydrogens is 328 g/mol. The molecule has 0 aromatic heterocycles. The highest BCUT2D eigenvalue weighted by atomic mass is 16.6. The molecule has 0 radical (unpaired) electrons. The van der Waals surface area contributed by atoms with E-state index in [4.69, 9.17) is 0 Å². The van der Waals surface area contributed by atoms with Crippen molar-refractivity contribution < 1.29 is 19.3 Å². The fourth-order valence-electron chi connectivity index (χ4n) is 3.70. The van der Waals surface area contributed by atoms with Crippen LogP contribution in [0.5, 0.6) is 0 Å². The summed E-state index contributed by atoms with van der Waals surface area (Å²) < 4.78 is 0. The number of nitro benzene ring substituents is 1. The molecule has 3 aliphatic rings. The summed E-state index contributed by atoms with van der Waals surface area (Å²) in [5.74, 6) is -2.99. The minimum absolute atomic E-state index is 0.107. The molecule has 126 valence electrons. The first-order valence-electron chi connectivity index (χ1n) is 7.61. The number of hydrogen-bond donors (Lipinski definition) is 1. The molecule has 0 spiro atoms. The number of nitrogens with one attached hydrogen (secondary N) is 1. The third kappa shape index (κ3) is 2.16. The van der Waals surface area contributed by atoms with E-state index in [1.165, 1.54) is 35.5 Å². The number of non-ortho nitro benzene ring substituents is 1. The largest absolute Gasteiger partial charge is 0.296 e. The van der Waals surface area contributed by atoms with Gasteiger partial charge in [0, 0.05) is 23.9 Å². The lowest BCUT2D eigenvalue weighted by Gasteiger charge is -2.28. The van der Waals surface area contributed by atoms with Crippen LogP contribution in [0.15, 0.2) is 41.5 Å². The van der Waals surface area contributed by atoms with Gasteiger partial charge in [0.05, 0.1) is 22.8 Å². The lowest BCUT2D eigenvalue weighted by atomic mass is 9.86. The fraction of sp³-hybridized carbons (Fsp3) is 0.250. The van der Waals surface area contributed by atoms with Gasteiger partial charge >= 0.3 is 0 Å². The van der Waals surface area contributed by atoms with Crippen molar-refractivity contribution in [1.82, 2.24) is 10.3 Å². The molecule has 25 heavy (non-hydrogen) atoms. The topological polar surface area (TPSA) is 122 Å². The van der Waals surface area contributed by atoms with E-state index < -0.39 is 46.4 Å². The standard InChI is InChI=1S/C16H12N4O5/c21-14(8-3-1-4-9(7-8)20(24)25)13-12-11(15(22)18-16(12)23)10-5-2-6-17-19(10)13/h1-7,10-13H,(H,18,22,23)/t10-,11+,12-,13-/m1/s1. The van der Waals surface area contributed by atoms with Crippen molar-refractivity contribution in [3.05, 3.63) is 52.1 Å². The number of fused-ring (bicyclic) bond motifs is 3. The van der Waals surface area contributed by atoms with Crippen LogP contribution >= 0.6 is 0 Å². The molecule has 2 fully saturated rings. The number of hydrogen-bond acceptors (Lipinski definition) is 7. The van der Waals surface area contributed by atoms with Gasteiger partial charge in [0.2, 0.25) is 11.8 Å².